The highest BCUT2D eigenvalue weighted by Gasteiger charge is 2.10. The molecule has 0 aliphatic carbocycles. The predicted molar refractivity (Wildman–Crippen MR) is 58.3 cm³/mol. The number of thiophene rings is 1. The molecule has 7 heteroatoms. The van der Waals surface area contributed by atoms with Gasteiger partial charge in [0.15, 0.2) is 0 Å². The molecule has 2 heterocycles. The standard InChI is InChI=1S/C9H10N4O2S/c10-12-7(14)3-4-8-11-9(13-15-8)6-2-1-5-16-6/h1-2,5H,3-4,10H2,(H,12,14). The zero-order valence-electron chi connectivity index (χ0n) is 8.34. The second-order valence-electron chi connectivity index (χ2n) is 3.06. The number of nitrogens with one attached hydrogen (secondary N) is 1. The van der Waals surface area contributed by atoms with Gasteiger partial charge in [-0.3, -0.25) is 10.2 Å². The number of carbonyl (C=O) groups excluding carboxylic acids is 1. The summed E-state index contributed by atoms with van der Waals surface area (Å²) >= 11 is 1.53. The second kappa shape index (κ2) is 4.86. The molecule has 0 aromatic carbocycles. The van der Waals surface area contributed by atoms with Crippen LogP contribution in [0.5, 0.6) is 0 Å². The van der Waals surface area contributed by atoms with Gasteiger partial charge in [-0.25, -0.2) is 5.84 Å². The van der Waals surface area contributed by atoms with Gasteiger partial charge in [-0.05, 0) is 11.4 Å². The smallest absolute Gasteiger partial charge is 0.234 e. The number of nitrogens with two attached hydrogens (primary N) is 1. The predicted octanol–water partition coefficient (Wildman–Crippen LogP) is 0.721. The van der Waals surface area contributed by atoms with Crippen molar-refractivity contribution in [3.63, 3.8) is 0 Å². The number of nitrogens with zero attached hydrogens (tertiary/aromatic N) is 2. The average molecular weight is 238 g/mol. The first-order chi connectivity index (χ1) is 7.79. The summed E-state index contributed by atoms with van der Waals surface area (Å²) in [4.78, 5) is 16.0. The maximum Gasteiger partial charge on any atom is 0.234 e. The largest absolute Gasteiger partial charge is 0.339 e. The van der Waals surface area contributed by atoms with E-state index in [-0.39, 0.29) is 12.3 Å². The maximum atomic E-state index is 10.9. The number of carbonyl (C=O) groups is 1. The lowest BCUT2D eigenvalue weighted by molar-refractivity contribution is -0.121. The molecule has 2 aromatic heterocycles. The highest BCUT2D eigenvalue weighted by Crippen LogP contribution is 2.21. The number of aryl methyl sites for hydroxylation is 1. The molecule has 0 radical (unpaired) electrons. The SMILES string of the molecule is NNC(=O)CCc1nc(-c2cccs2)no1. The summed E-state index contributed by atoms with van der Waals surface area (Å²) < 4.78 is 5.01. The highest BCUT2D eigenvalue weighted by atomic mass is 32.1. The summed E-state index contributed by atoms with van der Waals surface area (Å²) in [7, 11) is 0. The number of amides is 1. The average Bonchev–Trinajstić information content (AvgIpc) is 2.95. The Labute approximate surface area is 95.4 Å². The molecule has 0 aliphatic heterocycles. The Kier molecular flexibility index (Phi) is 3.28. The van der Waals surface area contributed by atoms with Crippen LogP contribution in [0.1, 0.15) is 12.3 Å². The summed E-state index contributed by atoms with van der Waals surface area (Å²) in [6.07, 6.45) is 0.629. The fourth-order valence-electron chi connectivity index (χ4n) is 1.15. The van der Waals surface area contributed by atoms with E-state index in [0.717, 1.165) is 4.88 Å². The third-order valence-corrected chi connectivity index (χ3v) is 2.80. The molecule has 0 bridgehead atoms. The van der Waals surface area contributed by atoms with Crippen LogP contribution in [0.25, 0.3) is 10.7 Å². The lowest BCUT2D eigenvalue weighted by Gasteiger charge is -1.93. The van der Waals surface area contributed by atoms with Gasteiger partial charge in [-0.15, -0.1) is 11.3 Å². The Balaban J connectivity index is 2.00. The molecule has 16 heavy (non-hydrogen) atoms. The molecule has 0 fully saturated rings. The summed E-state index contributed by atoms with van der Waals surface area (Å²) in [5, 5.41) is 5.76. The van der Waals surface area contributed by atoms with E-state index < -0.39 is 0 Å². The molecule has 2 rings (SSSR count). The fraction of sp³-hybridized carbons (Fsp3) is 0.222. The van der Waals surface area contributed by atoms with Crippen LogP contribution in [-0.2, 0) is 11.2 Å². The Morgan fingerprint density at radius 1 is 1.62 bits per heavy atom. The molecular weight excluding hydrogens is 228 g/mol. The van der Waals surface area contributed by atoms with Gasteiger partial charge >= 0.3 is 0 Å². The number of hydrogen-bond donors (Lipinski definition) is 2. The number of hydrazine groups is 1. The molecule has 2 aromatic rings. The molecule has 1 amide bonds. The van der Waals surface area contributed by atoms with E-state index in [2.05, 4.69) is 10.1 Å². The first-order valence-electron chi connectivity index (χ1n) is 4.65. The van der Waals surface area contributed by atoms with E-state index in [9.17, 15) is 4.79 Å². The van der Waals surface area contributed by atoms with E-state index in [1.54, 1.807) is 0 Å². The minimum atomic E-state index is -0.254. The van der Waals surface area contributed by atoms with E-state index in [4.69, 9.17) is 10.4 Å². The highest BCUT2D eigenvalue weighted by molar-refractivity contribution is 7.13. The van der Waals surface area contributed by atoms with Gasteiger partial charge in [0.2, 0.25) is 17.6 Å². The summed E-state index contributed by atoms with van der Waals surface area (Å²) in [6.45, 7) is 0. The summed E-state index contributed by atoms with van der Waals surface area (Å²) in [6, 6.07) is 3.82. The van der Waals surface area contributed by atoms with Gasteiger partial charge in [-0.2, -0.15) is 4.98 Å². The van der Waals surface area contributed by atoms with E-state index in [0.29, 0.717) is 18.1 Å². The quantitative estimate of drug-likeness (QED) is 0.465. The van der Waals surface area contributed by atoms with Crippen molar-refractivity contribution in [2.24, 2.45) is 5.84 Å². The van der Waals surface area contributed by atoms with Gasteiger partial charge in [-0.1, -0.05) is 11.2 Å². The molecule has 6 nitrogen and oxygen atoms in total. The minimum Gasteiger partial charge on any atom is -0.339 e. The first-order valence-corrected chi connectivity index (χ1v) is 5.53. The molecule has 0 saturated heterocycles. The van der Waals surface area contributed by atoms with E-state index in [1.165, 1.54) is 11.3 Å². The molecule has 0 spiro atoms. The molecule has 3 N–H and O–H groups in total. The van der Waals surface area contributed by atoms with Crippen LogP contribution in [-0.4, -0.2) is 16.0 Å². The van der Waals surface area contributed by atoms with Gasteiger partial charge in [0.25, 0.3) is 0 Å². The Morgan fingerprint density at radius 2 is 2.50 bits per heavy atom. The monoisotopic (exact) mass is 238 g/mol. The molecule has 84 valence electrons. The van der Waals surface area contributed by atoms with Gasteiger partial charge in [0.1, 0.15) is 0 Å². The van der Waals surface area contributed by atoms with Crippen LogP contribution in [0.3, 0.4) is 0 Å². The summed E-state index contributed by atoms with van der Waals surface area (Å²) in [5.41, 5.74) is 2.04. The molecule has 0 saturated carbocycles. The Bertz CT molecular complexity index is 466. The van der Waals surface area contributed by atoms with Gasteiger partial charge in [0.05, 0.1) is 4.88 Å². The molecule has 0 unspecified atom stereocenters. The Hall–Kier alpha value is -1.73. The Morgan fingerprint density at radius 3 is 3.19 bits per heavy atom. The van der Waals surface area contributed by atoms with Crippen LogP contribution in [0.2, 0.25) is 0 Å². The molecule has 0 aliphatic rings. The van der Waals surface area contributed by atoms with Crippen molar-refractivity contribution >= 4 is 17.2 Å². The second-order valence-corrected chi connectivity index (χ2v) is 4.00. The van der Waals surface area contributed by atoms with Crippen molar-refractivity contribution in [2.75, 3.05) is 0 Å². The van der Waals surface area contributed by atoms with Crippen molar-refractivity contribution in [3.05, 3.63) is 23.4 Å². The van der Waals surface area contributed by atoms with Crippen molar-refractivity contribution in [3.8, 4) is 10.7 Å². The maximum absolute atomic E-state index is 10.9. The van der Waals surface area contributed by atoms with Crippen LogP contribution in [0.15, 0.2) is 22.0 Å². The minimum absolute atomic E-state index is 0.239. The lowest BCUT2D eigenvalue weighted by Crippen LogP contribution is -2.30. The van der Waals surface area contributed by atoms with Crippen molar-refractivity contribution in [1.29, 1.82) is 0 Å². The van der Waals surface area contributed by atoms with Crippen molar-refractivity contribution in [1.82, 2.24) is 15.6 Å². The molecular formula is C9H10N4O2S. The first kappa shape index (κ1) is 10.8. The van der Waals surface area contributed by atoms with Crippen LogP contribution in [0, 0.1) is 0 Å². The third-order valence-electron chi connectivity index (χ3n) is 1.94. The van der Waals surface area contributed by atoms with Gasteiger partial charge < -0.3 is 4.52 Å². The van der Waals surface area contributed by atoms with E-state index >= 15 is 0 Å². The number of rotatable bonds is 4. The topological polar surface area (TPSA) is 94.0 Å². The van der Waals surface area contributed by atoms with E-state index in [1.807, 2.05) is 22.9 Å². The number of hydrogen-bond acceptors (Lipinski definition) is 6. The normalized spacial score (nSPS) is 10.3. The zero-order valence-corrected chi connectivity index (χ0v) is 9.16. The van der Waals surface area contributed by atoms with Crippen LogP contribution >= 0.6 is 11.3 Å². The number of aromatic nitrogens is 2. The van der Waals surface area contributed by atoms with Crippen molar-refractivity contribution < 1.29 is 9.32 Å². The fourth-order valence-corrected chi connectivity index (χ4v) is 1.80. The lowest BCUT2D eigenvalue weighted by atomic mass is 10.3. The molecule has 0 atom stereocenters. The third kappa shape index (κ3) is 2.44. The van der Waals surface area contributed by atoms with Gasteiger partial charge in [0, 0.05) is 12.8 Å². The summed E-state index contributed by atoms with van der Waals surface area (Å²) in [5.74, 6) is 5.69. The van der Waals surface area contributed by atoms with Crippen molar-refractivity contribution in [2.45, 2.75) is 12.8 Å². The zero-order chi connectivity index (χ0) is 11.4. The van der Waals surface area contributed by atoms with Crippen LogP contribution in [0.4, 0.5) is 0 Å². The van der Waals surface area contributed by atoms with Crippen LogP contribution < -0.4 is 11.3 Å².